The van der Waals surface area contributed by atoms with E-state index in [-0.39, 0.29) is 6.61 Å². The average molecular weight is 376 g/mol. The molecule has 0 spiro atoms. The molecule has 0 aliphatic rings. The summed E-state index contributed by atoms with van der Waals surface area (Å²) in [7, 11) is 0. The van der Waals surface area contributed by atoms with Crippen molar-refractivity contribution >= 4 is 43.2 Å². The van der Waals surface area contributed by atoms with Crippen LogP contribution in [-0.2, 0) is 17.4 Å². The van der Waals surface area contributed by atoms with Gasteiger partial charge in [0.2, 0.25) is 0 Å². The van der Waals surface area contributed by atoms with Gasteiger partial charge < -0.3 is 0 Å². The summed E-state index contributed by atoms with van der Waals surface area (Å²) in [5, 5.41) is 0. The molecule has 1 aromatic carbocycles. The number of carbonyl (C=O) groups excluding carboxylic acids is 3. The third-order valence-electron chi connectivity index (χ3n) is 2.02. The van der Waals surface area contributed by atoms with Crippen LogP contribution in [0.5, 0.6) is 0 Å². The van der Waals surface area contributed by atoms with Crippen molar-refractivity contribution in [3.8, 4) is 0 Å². The molecule has 6 heteroatoms. The Bertz CT molecular complexity index is 492. The van der Waals surface area contributed by atoms with Gasteiger partial charge in [-0.1, -0.05) is 0 Å². The molecule has 0 aliphatic carbocycles. The second kappa shape index (κ2) is 7.72. The Labute approximate surface area is 121 Å². The fourth-order valence-electron chi connectivity index (χ4n) is 1.10. The van der Waals surface area contributed by atoms with Gasteiger partial charge >= 0.3 is 121 Å². The van der Waals surface area contributed by atoms with Crippen LogP contribution in [0.25, 0.3) is 6.08 Å². The van der Waals surface area contributed by atoms with Crippen molar-refractivity contribution in [2.24, 2.45) is 0 Å². The third-order valence-corrected chi connectivity index (χ3v) is 3.59. The number of esters is 1. The molecule has 0 N–H and O–H groups in total. The first kappa shape index (κ1) is 15.4. The second-order valence-electron chi connectivity index (χ2n) is 3.29. The van der Waals surface area contributed by atoms with Crippen LogP contribution in [-0.4, -0.2) is 43.7 Å². The van der Waals surface area contributed by atoms with Crippen molar-refractivity contribution in [3.63, 3.8) is 0 Å². The zero-order valence-electron chi connectivity index (χ0n) is 10.3. The van der Waals surface area contributed by atoms with Gasteiger partial charge in [-0.05, 0) is 0 Å². The first-order valence-corrected chi connectivity index (χ1v) is 7.52. The molecular formula is C13H12O5Te. The normalized spacial score (nSPS) is 9.53. The summed E-state index contributed by atoms with van der Waals surface area (Å²) in [6.07, 6.45) is 1.65. The topological polar surface area (TPSA) is 69.7 Å². The van der Waals surface area contributed by atoms with Gasteiger partial charge in [-0.15, -0.1) is 0 Å². The molecule has 0 aliphatic heterocycles. The van der Waals surface area contributed by atoms with Crippen LogP contribution < -0.4 is 0 Å². The zero-order valence-corrected chi connectivity index (χ0v) is 12.6. The van der Waals surface area contributed by atoms with Gasteiger partial charge in [0.1, 0.15) is 0 Å². The van der Waals surface area contributed by atoms with Gasteiger partial charge in [0.15, 0.2) is 0 Å². The summed E-state index contributed by atoms with van der Waals surface area (Å²) in [5.41, 5.74) is 1.20. The number of rotatable bonds is 6. The van der Waals surface area contributed by atoms with Gasteiger partial charge in [-0.25, -0.2) is 0 Å². The van der Waals surface area contributed by atoms with E-state index in [2.05, 4.69) is 11.3 Å². The minimum absolute atomic E-state index is 0.120. The Hall–Kier alpha value is -1.64. The van der Waals surface area contributed by atoms with Crippen molar-refractivity contribution in [1.82, 2.24) is 0 Å². The number of carbonyl (C=O) groups is 3. The number of ether oxygens (including phenoxy) is 1. The van der Waals surface area contributed by atoms with E-state index in [0.29, 0.717) is 5.56 Å². The van der Waals surface area contributed by atoms with Gasteiger partial charge in [0.05, 0.1) is 0 Å². The third kappa shape index (κ3) is 4.85. The van der Waals surface area contributed by atoms with Crippen molar-refractivity contribution in [2.75, 3.05) is 6.61 Å². The fourth-order valence-corrected chi connectivity index (χ4v) is 2.17. The molecule has 5 nitrogen and oxygen atoms in total. The Morgan fingerprint density at radius 1 is 1.26 bits per heavy atom. The van der Waals surface area contributed by atoms with E-state index in [1.807, 2.05) is 0 Å². The molecule has 0 aromatic heterocycles. The molecule has 1 rings (SSSR count). The Morgan fingerprint density at radius 3 is 2.42 bits per heavy atom. The zero-order chi connectivity index (χ0) is 14.3. The molecule has 0 atom stereocenters. The van der Waals surface area contributed by atoms with Crippen LogP contribution in [0.2, 0.25) is 0 Å². The molecule has 19 heavy (non-hydrogen) atoms. The van der Waals surface area contributed by atoms with Crippen molar-refractivity contribution in [1.29, 1.82) is 0 Å². The monoisotopic (exact) mass is 378 g/mol. The Balaban J connectivity index is 2.53. The van der Waals surface area contributed by atoms with Crippen molar-refractivity contribution in [2.45, 2.75) is 6.92 Å². The van der Waals surface area contributed by atoms with Gasteiger partial charge in [-0.3, -0.25) is 0 Å². The molecule has 0 unspecified atom stereocenters. The van der Waals surface area contributed by atoms with Crippen LogP contribution in [0.3, 0.4) is 0 Å². The van der Waals surface area contributed by atoms with Crippen LogP contribution in [0.1, 0.15) is 22.8 Å². The van der Waals surface area contributed by atoms with E-state index in [9.17, 15) is 14.4 Å². The molecule has 0 heterocycles. The molecule has 0 saturated heterocycles. The summed E-state index contributed by atoms with van der Waals surface area (Å²) >= 11 is -1.84. The van der Waals surface area contributed by atoms with E-state index in [4.69, 9.17) is 3.10 Å². The standard InChI is InChI=1S/C13H12O5Te/c1-3-9-5-7-10(8-6-9)11(14)18-19-13(16)12(15)17-4-2/h3,5-8H,1,4H2,2H3. The number of hydrogen-bond donors (Lipinski definition) is 0. The van der Waals surface area contributed by atoms with Gasteiger partial charge in [0.25, 0.3) is 0 Å². The van der Waals surface area contributed by atoms with E-state index in [1.54, 1.807) is 37.3 Å². The molecule has 0 bridgehead atoms. The van der Waals surface area contributed by atoms with E-state index >= 15 is 0 Å². The first-order chi connectivity index (χ1) is 9.08. The summed E-state index contributed by atoms with van der Waals surface area (Å²) < 4.78 is 8.60. The molecule has 0 radical (unpaired) electrons. The Morgan fingerprint density at radius 2 is 1.89 bits per heavy atom. The van der Waals surface area contributed by atoms with E-state index in [1.165, 1.54) is 0 Å². The van der Waals surface area contributed by atoms with Crippen molar-refractivity contribution < 1.29 is 22.2 Å². The first-order valence-electron chi connectivity index (χ1n) is 5.41. The molecule has 1 aromatic rings. The molecule has 100 valence electrons. The predicted octanol–water partition coefficient (Wildman–Crippen LogP) is 1.20. The van der Waals surface area contributed by atoms with Crippen LogP contribution in [0.15, 0.2) is 30.8 Å². The van der Waals surface area contributed by atoms with E-state index < -0.39 is 37.1 Å². The summed E-state index contributed by atoms with van der Waals surface area (Å²) in [5.74, 6) is -1.56. The van der Waals surface area contributed by atoms with Crippen LogP contribution in [0, 0.1) is 0 Å². The second-order valence-corrected chi connectivity index (χ2v) is 5.30. The molecule has 0 saturated carbocycles. The maximum absolute atomic E-state index is 11.6. The van der Waals surface area contributed by atoms with Crippen LogP contribution >= 0.6 is 0 Å². The fraction of sp³-hybridized carbons (Fsp3) is 0.154. The van der Waals surface area contributed by atoms with E-state index in [0.717, 1.165) is 5.56 Å². The van der Waals surface area contributed by atoms with Crippen molar-refractivity contribution in [3.05, 3.63) is 42.0 Å². The predicted molar refractivity (Wildman–Crippen MR) is 69.3 cm³/mol. The summed E-state index contributed by atoms with van der Waals surface area (Å²) in [4.78, 5) is 33.9. The molecular weight excluding hydrogens is 364 g/mol. The van der Waals surface area contributed by atoms with Crippen LogP contribution in [0.4, 0.5) is 0 Å². The molecule has 0 amide bonds. The SMILES string of the molecule is C=Cc1ccc(C(=O)O[Te]C(=O)C(=O)OCC)cc1. The molecule has 0 fully saturated rings. The maximum atomic E-state index is 11.6. The average Bonchev–Trinajstić information content (AvgIpc) is 2.44. The Kier molecular flexibility index (Phi) is 6.26. The van der Waals surface area contributed by atoms with Gasteiger partial charge in [-0.2, -0.15) is 0 Å². The number of benzene rings is 1. The van der Waals surface area contributed by atoms with Gasteiger partial charge in [0, 0.05) is 0 Å². The quantitative estimate of drug-likeness (QED) is 0.424. The minimum atomic E-state index is -1.84. The summed E-state index contributed by atoms with van der Waals surface area (Å²) in [6, 6.07) is 6.55. The summed E-state index contributed by atoms with van der Waals surface area (Å²) in [6.45, 7) is 5.31. The number of hydrogen-bond acceptors (Lipinski definition) is 5.